The third kappa shape index (κ3) is 3.85. The maximum atomic E-state index is 12.7. The Bertz CT molecular complexity index is 1320. The zero-order valence-corrected chi connectivity index (χ0v) is 18.8. The highest BCUT2D eigenvalue weighted by Gasteiger charge is 2.36. The zero-order valence-electron chi connectivity index (χ0n) is 17.3. The summed E-state index contributed by atoms with van der Waals surface area (Å²) in [5, 5.41) is 0.511. The number of hydrogen-bond acceptors (Lipinski definition) is 6. The first kappa shape index (κ1) is 21.9. The highest BCUT2D eigenvalue weighted by atomic mass is 35.5. The summed E-state index contributed by atoms with van der Waals surface area (Å²) in [4.78, 5) is 55.2. The molecule has 2 heterocycles. The molecule has 1 aliphatic heterocycles. The van der Waals surface area contributed by atoms with E-state index in [1.807, 2.05) is 6.92 Å². The molecule has 4 rings (SSSR count). The lowest BCUT2D eigenvalue weighted by atomic mass is 10.1. The van der Waals surface area contributed by atoms with Gasteiger partial charge in [-0.25, -0.2) is 0 Å². The average Bonchev–Trinajstić information content (AvgIpc) is 3.22. The molecule has 1 aliphatic rings. The fourth-order valence-corrected chi connectivity index (χ4v) is 4.80. The highest BCUT2D eigenvalue weighted by molar-refractivity contribution is 7.16. The Balaban J connectivity index is 1.71. The largest absolute Gasteiger partial charge is 0.465 e. The van der Waals surface area contributed by atoms with Gasteiger partial charge < -0.3 is 9.30 Å². The number of aryl methyl sites for hydroxylation is 1. The maximum absolute atomic E-state index is 12.7. The number of benzene rings is 2. The molecule has 32 heavy (non-hydrogen) atoms. The lowest BCUT2D eigenvalue weighted by Gasteiger charge is -2.11. The second kappa shape index (κ2) is 8.68. The van der Waals surface area contributed by atoms with E-state index in [9.17, 15) is 19.2 Å². The number of amides is 3. The van der Waals surface area contributed by atoms with Gasteiger partial charge in [0, 0.05) is 5.02 Å². The first-order chi connectivity index (χ1) is 15.3. The molecule has 0 atom stereocenters. The molecule has 10 heteroatoms. The predicted molar refractivity (Wildman–Crippen MR) is 119 cm³/mol. The van der Waals surface area contributed by atoms with Gasteiger partial charge >= 0.3 is 5.97 Å². The van der Waals surface area contributed by atoms with Crippen LogP contribution in [0.1, 0.15) is 33.2 Å². The molecule has 3 amide bonds. The van der Waals surface area contributed by atoms with Crippen LogP contribution in [0, 0.1) is 6.92 Å². The van der Waals surface area contributed by atoms with Crippen LogP contribution in [0.2, 0.25) is 5.02 Å². The number of thiazole rings is 1. The van der Waals surface area contributed by atoms with Crippen molar-refractivity contribution < 1.29 is 23.9 Å². The van der Waals surface area contributed by atoms with Crippen molar-refractivity contribution in [2.45, 2.75) is 20.4 Å². The number of imide groups is 1. The molecule has 0 saturated heterocycles. The van der Waals surface area contributed by atoms with Crippen LogP contribution < -0.4 is 4.80 Å². The molecule has 1 aromatic heterocycles. The first-order valence-electron chi connectivity index (χ1n) is 9.78. The second-order valence-electron chi connectivity index (χ2n) is 7.04. The van der Waals surface area contributed by atoms with Gasteiger partial charge in [0.15, 0.2) is 4.80 Å². The Kier molecular flexibility index (Phi) is 5.94. The summed E-state index contributed by atoms with van der Waals surface area (Å²) in [5.41, 5.74) is 1.92. The summed E-state index contributed by atoms with van der Waals surface area (Å²) >= 11 is 7.46. The number of rotatable bonds is 5. The van der Waals surface area contributed by atoms with Crippen LogP contribution in [-0.2, 0) is 20.9 Å². The molecule has 0 N–H and O–H groups in total. The lowest BCUT2D eigenvalue weighted by Crippen LogP contribution is -2.35. The van der Waals surface area contributed by atoms with Crippen LogP contribution in [0.3, 0.4) is 0 Å². The van der Waals surface area contributed by atoms with Crippen molar-refractivity contribution in [3.63, 3.8) is 0 Å². The quantitative estimate of drug-likeness (QED) is 0.421. The van der Waals surface area contributed by atoms with Crippen molar-refractivity contribution in [2.24, 2.45) is 4.99 Å². The van der Waals surface area contributed by atoms with Crippen LogP contribution in [0.15, 0.2) is 41.4 Å². The van der Waals surface area contributed by atoms with Crippen molar-refractivity contribution in [1.82, 2.24) is 9.47 Å². The van der Waals surface area contributed by atoms with Crippen molar-refractivity contribution >= 4 is 56.8 Å². The monoisotopic (exact) mass is 471 g/mol. The van der Waals surface area contributed by atoms with E-state index in [4.69, 9.17) is 16.3 Å². The molecule has 0 fully saturated rings. The fraction of sp³-hybridized carbons (Fsp3) is 0.227. The van der Waals surface area contributed by atoms with E-state index in [1.54, 1.807) is 47.9 Å². The third-order valence-corrected chi connectivity index (χ3v) is 6.47. The van der Waals surface area contributed by atoms with Gasteiger partial charge in [0.25, 0.3) is 17.7 Å². The third-order valence-electron chi connectivity index (χ3n) is 5.01. The topological polar surface area (TPSA) is 98.0 Å². The van der Waals surface area contributed by atoms with Crippen molar-refractivity contribution in [3.8, 4) is 0 Å². The zero-order chi connectivity index (χ0) is 23.0. The Morgan fingerprint density at radius 3 is 2.34 bits per heavy atom. The summed E-state index contributed by atoms with van der Waals surface area (Å²) in [5.74, 6) is -2.24. The molecular weight excluding hydrogens is 454 g/mol. The molecule has 3 aromatic rings. The number of hydrogen-bond donors (Lipinski definition) is 0. The Labute approximate surface area is 191 Å². The molecular formula is C22H18ClN3O5S. The maximum Gasteiger partial charge on any atom is 0.326 e. The average molecular weight is 472 g/mol. The SMILES string of the molecule is CCOC(=O)Cn1c(=NC(=O)CN2C(=O)c3ccccc3C2=O)sc2ccc(Cl)c(C)c21. The van der Waals surface area contributed by atoms with Crippen molar-refractivity contribution in [3.05, 3.63) is 62.9 Å². The number of ether oxygens (including phenoxy) is 1. The molecule has 0 saturated carbocycles. The van der Waals surface area contributed by atoms with E-state index in [0.29, 0.717) is 10.5 Å². The Hall–Kier alpha value is -3.30. The van der Waals surface area contributed by atoms with Gasteiger partial charge in [0.2, 0.25) is 0 Å². The number of aromatic nitrogens is 1. The van der Waals surface area contributed by atoms with Crippen LogP contribution in [0.4, 0.5) is 0 Å². The highest BCUT2D eigenvalue weighted by Crippen LogP contribution is 2.27. The Morgan fingerprint density at radius 2 is 1.72 bits per heavy atom. The van der Waals surface area contributed by atoms with E-state index in [-0.39, 0.29) is 29.1 Å². The van der Waals surface area contributed by atoms with Gasteiger partial charge in [-0.1, -0.05) is 35.1 Å². The van der Waals surface area contributed by atoms with Gasteiger partial charge in [-0.2, -0.15) is 4.99 Å². The van der Waals surface area contributed by atoms with Crippen molar-refractivity contribution in [1.29, 1.82) is 0 Å². The molecule has 0 bridgehead atoms. The van der Waals surface area contributed by atoms with Gasteiger partial charge in [0.1, 0.15) is 13.1 Å². The number of halogens is 1. The second-order valence-corrected chi connectivity index (χ2v) is 8.46. The van der Waals surface area contributed by atoms with E-state index in [1.165, 1.54) is 11.3 Å². The molecule has 2 aromatic carbocycles. The minimum absolute atomic E-state index is 0.159. The minimum Gasteiger partial charge on any atom is -0.465 e. The fourth-order valence-electron chi connectivity index (χ4n) is 3.54. The summed E-state index contributed by atoms with van der Waals surface area (Å²) in [7, 11) is 0. The van der Waals surface area contributed by atoms with Crippen LogP contribution >= 0.6 is 22.9 Å². The number of carbonyl (C=O) groups excluding carboxylic acids is 4. The summed E-state index contributed by atoms with van der Waals surface area (Å²) in [6.07, 6.45) is 0. The molecule has 0 unspecified atom stereocenters. The predicted octanol–water partition coefficient (Wildman–Crippen LogP) is 2.95. The van der Waals surface area contributed by atoms with Crippen molar-refractivity contribution in [2.75, 3.05) is 13.2 Å². The lowest BCUT2D eigenvalue weighted by molar-refractivity contribution is -0.143. The minimum atomic E-state index is -0.688. The van der Waals surface area contributed by atoms with Crippen LogP contribution in [0.5, 0.6) is 0 Å². The first-order valence-corrected chi connectivity index (χ1v) is 11.0. The van der Waals surface area contributed by atoms with Crippen LogP contribution in [-0.4, -0.2) is 46.3 Å². The van der Waals surface area contributed by atoms with Gasteiger partial charge in [0.05, 0.1) is 28.0 Å². The van der Waals surface area contributed by atoms with Gasteiger partial charge in [-0.3, -0.25) is 24.1 Å². The molecule has 0 spiro atoms. The molecule has 8 nitrogen and oxygen atoms in total. The standard InChI is InChI=1S/C22H18ClN3O5S/c1-3-31-18(28)11-25-19-12(2)15(23)8-9-16(19)32-22(25)24-17(27)10-26-20(29)13-6-4-5-7-14(13)21(26)30/h4-9H,3,10-11H2,1-2H3. The number of esters is 1. The van der Waals surface area contributed by atoms with Gasteiger partial charge in [-0.05, 0) is 43.7 Å². The molecule has 0 aliphatic carbocycles. The van der Waals surface area contributed by atoms with Crippen LogP contribution in [0.25, 0.3) is 10.2 Å². The van der Waals surface area contributed by atoms with E-state index in [0.717, 1.165) is 15.2 Å². The molecule has 0 radical (unpaired) electrons. The molecule has 164 valence electrons. The number of nitrogens with zero attached hydrogens (tertiary/aromatic N) is 3. The number of carbonyl (C=O) groups is 4. The smallest absolute Gasteiger partial charge is 0.326 e. The van der Waals surface area contributed by atoms with E-state index >= 15 is 0 Å². The van der Waals surface area contributed by atoms with E-state index < -0.39 is 30.2 Å². The normalized spacial score (nSPS) is 13.7. The summed E-state index contributed by atoms with van der Waals surface area (Å²) in [6, 6.07) is 9.91. The number of fused-ring (bicyclic) bond motifs is 2. The van der Waals surface area contributed by atoms with E-state index in [2.05, 4.69) is 4.99 Å². The summed E-state index contributed by atoms with van der Waals surface area (Å²) < 4.78 is 7.40. The Morgan fingerprint density at radius 1 is 1.06 bits per heavy atom. The van der Waals surface area contributed by atoms with Gasteiger partial charge in [-0.15, -0.1) is 0 Å². The summed E-state index contributed by atoms with van der Waals surface area (Å²) in [6.45, 7) is 3.07.